The largest absolute Gasteiger partial charge is 0.357 e. The second-order valence-corrected chi connectivity index (χ2v) is 7.15. The number of hydrogen-bond acceptors (Lipinski definition) is 3. The third kappa shape index (κ3) is 6.57. The highest BCUT2D eigenvalue weighted by atomic mass is 127. The molecule has 0 aromatic carbocycles. The minimum atomic E-state index is 0. The quantitative estimate of drug-likeness (QED) is 0.381. The van der Waals surface area contributed by atoms with E-state index in [0.717, 1.165) is 36.4 Å². The van der Waals surface area contributed by atoms with Gasteiger partial charge >= 0.3 is 0 Å². The minimum Gasteiger partial charge on any atom is -0.357 e. The Kier molecular flexibility index (Phi) is 9.61. The van der Waals surface area contributed by atoms with Gasteiger partial charge in [-0.3, -0.25) is 9.98 Å². The molecule has 0 saturated heterocycles. The van der Waals surface area contributed by atoms with Crippen molar-refractivity contribution in [3.8, 4) is 0 Å². The van der Waals surface area contributed by atoms with Gasteiger partial charge in [-0.05, 0) is 49.6 Å². The van der Waals surface area contributed by atoms with Gasteiger partial charge in [-0.1, -0.05) is 11.6 Å². The molecule has 0 atom stereocenters. The number of halogens is 2. The molecule has 0 amide bonds. The Morgan fingerprint density at radius 1 is 1.38 bits per heavy atom. The molecule has 24 heavy (non-hydrogen) atoms. The molecule has 0 aliphatic heterocycles. The third-order valence-corrected chi connectivity index (χ3v) is 4.71. The second kappa shape index (κ2) is 10.9. The number of aliphatic imine (C=N–C) groups is 1. The number of aromatic nitrogens is 1. The lowest BCUT2D eigenvalue weighted by Crippen LogP contribution is -2.38. The standard InChI is InChI=1S/C17H23ClN4S.HI/c1-4-20-17(22(3)12-15-5-6-16(18)23-15)21-10-8-14-7-9-19-11-13(14)2;/h5-7,9,11H,4,8,10,12H2,1-3H3,(H,20,21);1H. The van der Waals surface area contributed by atoms with Crippen molar-refractivity contribution in [2.45, 2.75) is 26.8 Å². The van der Waals surface area contributed by atoms with E-state index in [1.165, 1.54) is 16.0 Å². The van der Waals surface area contributed by atoms with Crippen LogP contribution in [-0.4, -0.2) is 36.0 Å². The summed E-state index contributed by atoms with van der Waals surface area (Å²) in [5.41, 5.74) is 2.52. The first-order chi connectivity index (χ1) is 11.1. The summed E-state index contributed by atoms with van der Waals surface area (Å²) in [6.45, 7) is 6.57. The molecular formula is C17H24ClIN4S. The zero-order valence-electron chi connectivity index (χ0n) is 14.3. The van der Waals surface area contributed by atoms with Crippen molar-refractivity contribution >= 4 is 52.9 Å². The molecule has 2 aromatic heterocycles. The van der Waals surface area contributed by atoms with Gasteiger partial charge in [0.2, 0.25) is 0 Å². The molecule has 2 heterocycles. The van der Waals surface area contributed by atoms with Gasteiger partial charge < -0.3 is 10.2 Å². The average molecular weight is 479 g/mol. The molecule has 0 spiro atoms. The highest BCUT2D eigenvalue weighted by Crippen LogP contribution is 2.22. The lowest BCUT2D eigenvalue weighted by molar-refractivity contribution is 0.481. The predicted molar refractivity (Wildman–Crippen MR) is 115 cm³/mol. The number of guanidine groups is 1. The van der Waals surface area contributed by atoms with Crippen molar-refractivity contribution in [1.29, 1.82) is 0 Å². The fourth-order valence-electron chi connectivity index (χ4n) is 2.28. The fraction of sp³-hybridized carbons (Fsp3) is 0.412. The molecule has 0 saturated carbocycles. The summed E-state index contributed by atoms with van der Waals surface area (Å²) in [6.07, 6.45) is 4.66. The summed E-state index contributed by atoms with van der Waals surface area (Å²) >= 11 is 7.61. The maximum Gasteiger partial charge on any atom is 0.193 e. The van der Waals surface area contributed by atoms with Gasteiger partial charge in [0, 0.05) is 37.4 Å². The summed E-state index contributed by atoms with van der Waals surface area (Å²) < 4.78 is 0.823. The van der Waals surface area contributed by atoms with Crippen molar-refractivity contribution < 1.29 is 0 Å². The number of nitrogens with one attached hydrogen (secondary N) is 1. The van der Waals surface area contributed by atoms with Gasteiger partial charge in [-0.25, -0.2) is 0 Å². The minimum absolute atomic E-state index is 0. The van der Waals surface area contributed by atoms with E-state index in [1.54, 1.807) is 11.3 Å². The van der Waals surface area contributed by atoms with E-state index in [4.69, 9.17) is 16.6 Å². The van der Waals surface area contributed by atoms with Crippen LogP contribution < -0.4 is 5.32 Å². The maximum atomic E-state index is 6.00. The topological polar surface area (TPSA) is 40.5 Å². The molecule has 4 nitrogen and oxygen atoms in total. The van der Waals surface area contributed by atoms with Gasteiger partial charge in [0.05, 0.1) is 10.9 Å². The van der Waals surface area contributed by atoms with Gasteiger partial charge in [0.1, 0.15) is 0 Å². The molecule has 7 heteroatoms. The van der Waals surface area contributed by atoms with Crippen LogP contribution in [0.5, 0.6) is 0 Å². The second-order valence-electron chi connectivity index (χ2n) is 5.35. The molecule has 0 aliphatic carbocycles. The van der Waals surface area contributed by atoms with Gasteiger partial charge in [-0.15, -0.1) is 35.3 Å². The van der Waals surface area contributed by atoms with Gasteiger partial charge in [-0.2, -0.15) is 0 Å². The smallest absolute Gasteiger partial charge is 0.193 e. The first-order valence-corrected chi connectivity index (χ1v) is 8.92. The lowest BCUT2D eigenvalue weighted by Gasteiger charge is -2.21. The normalized spacial score (nSPS) is 11.1. The van der Waals surface area contributed by atoms with Crippen molar-refractivity contribution in [2.24, 2.45) is 4.99 Å². The Morgan fingerprint density at radius 2 is 2.17 bits per heavy atom. The summed E-state index contributed by atoms with van der Waals surface area (Å²) in [5, 5.41) is 3.35. The molecule has 0 bridgehead atoms. The Bertz CT molecular complexity index is 660. The molecule has 0 aliphatic rings. The summed E-state index contributed by atoms with van der Waals surface area (Å²) in [4.78, 5) is 12.2. The summed E-state index contributed by atoms with van der Waals surface area (Å²) in [7, 11) is 2.05. The zero-order chi connectivity index (χ0) is 16.7. The van der Waals surface area contributed by atoms with Crippen LogP contribution in [0.1, 0.15) is 22.9 Å². The van der Waals surface area contributed by atoms with Crippen molar-refractivity contribution in [3.63, 3.8) is 0 Å². The van der Waals surface area contributed by atoms with Crippen molar-refractivity contribution in [1.82, 2.24) is 15.2 Å². The van der Waals surface area contributed by atoms with Crippen LogP contribution in [0.2, 0.25) is 4.34 Å². The SMILES string of the molecule is CCNC(=NCCc1ccncc1C)N(C)Cc1ccc(Cl)s1.I. The molecule has 2 aromatic rings. The van der Waals surface area contributed by atoms with E-state index < -0.39 is 0 Å². The molecule has 0 unspecified atom stereocenters. The van der Waals surface area contributed by atoms with Crippen LogP contribution >= 0.6 is 46.9 Å². The van der Waals surface area contributed by atoms with Crippen LogP contribution in [-0.2, 0) is 13.0 Å². The number of thiophene rings is 1. The highest BCUT2D eigenvalue weighted by molar-refractivity contribution is 14.0. The first kappa shape index (κ1) is 21.2. The van der Waals surface area contributed by atoms with Crippen molar-refractivity contribution in [3.05, 3.63) is 50.9 Å². The van der Waals surface area contributed by atoms with E-state index in [-0.39, 0.29) is 24.0 Å². The number of nitrogens with zero attached hydrogens (tertiary/aromatic N) is 3. The first-order valence-electron chi connectivity index (χ1n) is 7.73. The monoisotopic (exact) mass is 478 g/mol. The van der Waals surface area contributed by atoms with E-state index in [0.29, 0.717) is 0 Å². The average Bonchev–Trinajstić information content (AvgIpc) is 2.93. The van der Waals surface area contributed by atoms with Gasteiger partial charge in [0.25, 0.3) is 0 Å². The molecule has 0 radical (unpaired) electrons. The lowest BCUT2D eigenvalue weighted by atomic mass is 10.1. The van der Waals surface area contributed by atoms with Crippen LogP contribution in [0, 0.1) is 6.92 Å². The Hall–Kier alpha value is -0.860. The highest BCUT2D eigenvalue weighted by Gasteiger charge is 2.08. The number of pyridine rings is 1. The van der Waals surface area contributed by atoms with Crippen LogP contribution in [0.15, 0.2) is 35.6 Å². The van der Waals surface area contributed by atoms with Crippen LogP contribution in [0.4, 0.5) is 0 Å². The zero-order valence-corrected chi connectivity index (χ0v) is 18.2. The van der Waals surface area contributed by atoms with E-state index in [9.17, 15) is 0 Å². The Labute approximate surface area is 170 Å². The number of rotatable bonds is 6. The van der Waals surface area contributed by atoms with Crippen molar-refractivity contribution in [2.75, 3.05) is 20.1 Å². The summed E-state index contributed by atoms with van der Waals surface area (Å²) in [5.74, 6) is 0.920. The third-order valence-electron chi connectivity index (χ3n) is 3.50. The van der Waals surface area contributed by atoms with E-state index in [2.05, 4.69) is 41.2 Å². The van der Waals surface area contributed by atoms with E-state index >= 15 is 0 Å². The Balaban J connectivity index is 0.00000288. The molecular weight excluding hydrogens is 455 g/mol. The summed E-state index contributed by atoms with van der Waals surface area (Å²) in [6, 6.07) is 6.06. The van der Waals surface area contributed by atoms with Gasteiger partial charge in [0.15, 0.2) is 5.96 Å². The molecule has 0 fully saturated rings. The molecule has 1 N–H and O–H groups in total. The Morgan fingerprint density at radius 3 is 2.79 bits per heavy atom. The number of aryl methyl sites for hydroxylation is 1. The molecule has 2 rings (SSSR count). The van der Waals surface area contributed by atoms with Crippen LogP contribution in [0.3, 0.4) is 0 Å². The van der Waals surface area contributed by atoms with E-state index in [1.807, 2.05) is 25.5 Å². The maximum absolute atomic E-state index is 6.00. The number of hydrogen-bond donors (Lipinski definition) is 1. The molecule has 132 valence electrons. The fourth-order valence-corrected chi connectivity index (χ4v) is 3.42. The predicted octanol–water partition coefficient (Wildman–Crippen LogP) is 4.36. The van der Waals surface area contributed by atoms with Crippen LogP contribution in [0.25, 0.3) is 0 Å².